The number of nitrogens with zero attached hydrogens (tertiary/aromatic N) is 2. The number of hydrogen-bond acceptors (Lipinski definition) is 6. The lowest BCUT2D eigenvalue weighted by molar-refractivity contribution is 0.103. The molecule has 2 aromatic carbocycles. The summed E-state index contributed by atoms with van der Waals surface area (Å²) in [7, 11) is -1.46. The highest BCUT2D eigenvalue weighted by atomic mass is 16.5. The van der Waals surface area contributed by atoms with Crippen LogP contribution in [0, 0.1) is 0 Å². The minimum absolute atomic E-state index is 0.239. The van der Waals surface area contributed by atoms with E-state index in [0.717, 1.165) is 5.69 Å². The van der Waals surface area contributed by atoms with E-state index in [9.17, 15) is 9.82 Å². The highest BCUT2D eigenvalue weighted by Crippen LogP contribution is 2.18. The van der Waals surface area contributed by atoms with Crippen molar-refractivity contribution >= 4 is 31.9 Å². The van der Waals surface area contributed by atoms with Gasteiger partial charge in [-0.15, -0.1) is 0 Å². The van der Waals surface area contributed by atoms with E-state index in [0.29, 0.717) is 5.69 Å². The summed E-state index contributed by atoms with van der Waals surface area (Å²) in [5.74, 6) is 0. The van der Waals surface area contributed by atoms with Crippen LogP contribution in [0.5, 0.6) is 0 Å². The predicted molar refractivity (Wildman–Crippen MR) is 78.4 cm³/mol. The average Bonchev–Trinajstić information content (AvgIpc) is 2.54. The fraction of sp³-hybridized carbons (Fsp3) is 0. The topological polar surface area (TPSA) is 91.5 Å². The van der Waals surface area contributed by atoms with Crippen LogP contribution in [0.1, 0.15) is 10.4 Å². The van der Waals surface area contributed by atoms with E-state index in [-0.39, 0.29) is 13.2 Å². The molecule has 2 rings (SSSR count). The Morgan fingerprint density at radius 3 is 2.14 bits per heavy atom. The summed E-state index contributed by atoms with van der Waals surface area (Å²) in [5.41, 5.74) is 0.870. The van der Waals surface area contributed by atoms with Crippen molar-refractivity contribution in [2.75, 3.05) is 0 Å². The Morgan fingerprint density at radius 2 is 1.57 bits per heavy atom. The second-order valence-electron chi connectivity index (χ2n) is 4.04. The largest absolute Gasteiger partial charge is 0.521 e. The van der Waals surface area contributed by atoms with Crippen LogP contribution >= 0.6 is 0 Å². The Hall–Kier alpha value is -2.28. The lowest BCUT2D eigenvalue weighted by Crippen LogP contribution is -2.31. The molecule has 0 amide bonds. The molecule has 0 bridgehead atoms. The van der Waals surface area contributed by atoms with Crippen molar-refractivity contribution in [3.05, 3.63) is 60.2 Å². The third-order valence-corrected chi connectivity index (χ3v) is 2.60. The summed E-state index contributed by atoms with van der Waals surface area (Å²) >= 11 is 0. The molecule has 0 aromatic heterocycles. The molecule has 0 aliphatic carbocycles. The first-order valence-corrected chi connectivity index (χ1v) is 6.11. The second kappa shape index (κ2) is 7.49. The summed E-state index contributed by atoms with van der Waals surface area (Å²) < 4.78 is 4.29. The molecule has 0 saturated carbocycles. The van der Waals surface area contributed by atoms with Crippen molar-refractivity contribution in [2.24, 2.45) is 10.2 Å². The Bertz CT molecular complexity index is 620. The van der Waals surface area contributed by atoms with Crippen molar-refractivity contribution in [3.8, 4) is 0 Å². The van der Waals surface area contributed by atoms with Gasteiger partial charge in [-0.3, -0.25) is 4.79 Å². The first-order valence-electron chi connectivity index (χ1n) is 6.11. The predicted octanol–water partition coefficient (Wildman–Crippen LogP) is 1.85. The molecular formula is C13H11B2N2O4. The molecule has 0 heterocycles. The average molecular weight is 281 g/mol. The second-order valence-corrected chi connectivity index (χ2v) is 4.04. The molecule has 2 aromatic rings. The van der Waals surface area contributed by atoms with E-state index in [1.54, 1.807) is 12.1 Å². The quantitative estimate of drug-likeness (QED) is 0.624. The molecule has 103 valence electrons. The third kappa shape index (κ3) is 4.35. The molecule has 0 aliphatic rings. The van der Waals surface area contributed by atoms with Crippen LogP contribution < -0.4 is 0 Å². The van der Waals surface area contributed by atoms with Gasteiger partial charge in [0.2, 0.25) is 0 Å². The molecule has 8 heteroatoms. The monoisotopic (exact) mass is 281 g/mol. The molecule has 0 saturated heterocycles. The number of carbonyl (C=O) groups is 1. The first kappa shape index (κ1) is 15.1. The van der Waals surface area contributed by atoms with E-state index < -0.39 is 12.8 Å². The maximum atomic E-state index is 11.7. The van der Waals surface area contributed by atoms with Gasteiger partial charge in [0.25, 0.3) is 0 Å². The van der Waals surface area contributed by atoms with Crippen LogP contribution in [-0.2, 0) is 4.57 Å². The molecule has 6 nitrogen and oxygen atoms in total. The van der Waals surface area contributed by atoms with Gasteiger partial charge < -0.3 is 14.6 Å². The summed E-state index contributed by atoms with van der Waals surface area (Å²) in [4.78, 5) is 11.7. The Morgan fingerprint density at radius 1 is 1.00 bits per heavy atom. The lowest BCUT2D eigenvalue weighted by atomic mass is 9.78. The minimum Gasteiger partial charge on any atom is -0.447 e. The van der Waals surface area contributed by atoms with E-state index >= 15 is 0 Å². The number of rotatable bonds is 6. The molecule has 0 fully saturated rings. The van der Waals surface area contributed by atoms with Crippen molar-refractivity contribution in [1.82, 2.24) is 0 Å². The summed E-state index contributed by atoms with van der Waals surface area (Å²) in [6, 6.07) is 15.4. The van der Waals surface area contributed by atoms with Crippen LogP contribution in [0.4, 0.5) is 11.4 Å². The molecule has 0 aliphatic heterocycles. The zero-order valence-electron chi connectivity index (χ0n) is 11.0. The maximum absolute atomic E-state index is 11.7. The first-order chi connectivity index (χ1) is 10.2. The Kier molecular flexibility index (Phi) is 5.39. The van der Waals surface area contributed by atoms with Gasteiger partial charge in [0.05, 0.1) is 11.4 Å². The zero-order valence-corrected chi connectivity index (χ0v) is 11.0. The molecule has 2 N–H and O–H groups in total. The van der Waals surface area contributed by atoms with Crippen LogP contribution in [0.3, 0.4) is 0 Å². The van der Waals surface area contributed by atoms with Crippen molar-refractivity contribution in [1.29, 1.82) is 0 Å². The van der Waals surface area contributed by atoms with Crippen LogP contribution in [0.25, 0.3) is 0 Å². The third-order valence-electron chi connectivity index (χ3n) is 2.60. The zero-order chi connectivity index (χ0) is 15.1. The number of carbonyl (C=O) groups excluding carboxylic acids is 1. The van der Waals surface area contributed by atoms with Crippen LogP contribution in [0.15, 0.2) is 64.8 Å². The van der Waals surface area contributed by atoms with Crippen molar-refractivity contribution < 1.29 is 19.4 Å². The Labute approximate surface area is 122 Å². The van der Waals surface area contributed by atoms with Gasteiger partial charge in [-0.1, -0.05) is 18.2 Å². The maximum Gasteiger partial charge on any atom is 0.521 e. The SMILES string of the molecule is O=C(B(O)O[B]O)c1ccc(N=Nc2ccccc2)cc1. The Balaban J connectivity index is 2.05. The van der Waals surface area contributed by atoms with E-state index in [1.807, 2.05) is 30.3 Å². The molecule has 1 radical (unpaired) electrons. The van der Waals surface area contributed by atoms with Crippen molar-refractivity contribution in [2.45, 2.75) is 0 Å². The van der Waals surface area contributed by atoms with Gasteiger partial charge in [0.1, 0.15) is 0 Å². The highest BCUT2D eigenvalue weighted by molar-refractivity contribution is 6.84. The van der Waals surface area contributed by atoms with Gasteiger partial charge in [0, 0.05) is 5.56 Å². The van der Waals surface area contributed by atoms with E-state index in [4.69, 9.17) is 5.02 Å². The standard InChI is InChI=1S/C13H11B2N2O4/c18-13(15(20)21-14-19)10-6-8-12(9-7-10)17-16-11-4-2-1-3-5-11/h1-9,19-20H. The van der Waals surface area contributed by atoms with E-state index in [2.05, 4.69) is 14.8 Å². The number of benzene rings is 2. The van der Waals surface area contributed by atoms with Gasteiger partial charge >= 0.3 is 14.8 Å². The summed E-state index contributed by atoms with van der Waals surface area (Å²) in [6.07, 6.45) is 0. The van der Waals surface area contributed by atoms with Gasteiger partial charge in [0.15, 0.2) is 5.68 Å². The van der Waals surface area contributed by atoms with Gasteiger partial charge in [-0.25, -0.2) is 0 Å². The van der Waals surface area contributed by atoms with Crippen molar-refractivity contribution in [3.63, 3.8) is 0 Å². The van der Waals surface area contributed by atoms with E-state index in [1.165, 1.54) is 12.1 Å². The molecule has 0 unspecified atom stereocenters. The van der Waals surface area contributed by atoms with Crippen LogP contribution in [-0.4, -0.2) is 30.5 Å². The van der Waals surface area contributed by atoms with Crippen LogP contribution in [0.2, 0.25) is 0 Å². The molecular weight excluding hydrogens is 270 g/mol. The number of azo groups is 1. The fourth-order valence-electron chi connectivity index (χ4n) is 1.56. The minimum atomic E-state index is -1.73. The molecule has 21 heavy (non-hydrogen) atoms. The number of hydrogen-bond donors (Lipinski definition) is 2. The smallest absolute Gasteiger partial charge is 0.447 e. The van der Waals surface area contributed by atoms with Gasteiger partial charge in [-0.05, 0) is 36.4 Å². The highest BCUT2D eigenvalue weighted by Gasteiger charge is 2.25. The molecule has 0 spiro atoms. The van der Waals surface area contributed by atoms with Gasteiger partial charge in [-0.2, -0.15) is 10.2 Å². The summed E-state index contributed by atoms with van der Waals surface area (Å²) in [5, 5.41) is 25.7. The normalized spacial score (nSPS) is 10.6. The summed E-state index contributed by atoms with van der Waals surface area (Å²) in [6.45, 7) is 0. The fourth-order valence-corrected chi connectivity index (χ4v) is 1.56. The lowest BCUT2D eigenvalue weighted by Gasteiger charge is -2.04. The molecule has 0 atom stereocenters.